The molecule has 1 heterocycles. The summed E-state index contributed by atoms with van der Waals surface area (Å²) in [5.74, 6) is 0.117. The Morgan fingerprint density at radius 3 is 3.00 bits per heavy atom. The first-order valence-corrected chi connectivity index (χ1v) is 5.82. The number of carbonyl (C=O) groups excluding carboxylic acids is 1. The van der Waals surface area contributed by atoms with Gasteiger partial charge in [-0.25, -0.2) is 0 Å². The van der Waals surface area contributed by atoms with Gasteiger partial charge >= 0.3 is 0 Å². The van der Waals surface area contributed by atoms with E-state index in [1.165, 1.54) is 0 Å². The molecule has 0 bridgehead atoms. The van der Waals surface area contributed by atoms with Gasteiger partial charge < -0.3 is 15.6 Å². The second kappa shape index (κ2) is 4.70. The number of hydrogen-bond acceptors (Lipinski definition) is 2. The van der Waals surface area contributed by atoms with Crippen molar-refractivity contribution in [2.75, 3.05) is 0 Å². The Kier molecular flexibility index (Phi) is 3.29. The normalized spacial score (nSPS) is 24.6. The first-order chi connectivity index (χ1) is 7.68. The van der Waals surface area contributed by atoms with Gasteiger partial charge in [0.05, 0.1) is 12.5 Å². The standard InChI is InChI=1S/C12H19N3O/c1-15-7-3-4-9(15)8-14-12(16)10-5-2-6-11(10)13/h3-4,7,10-11H,2,5-6,8,13H2,1H3,(H,14,16). The summed E-state index contributed by atoms with van der Waals surface area (Å²) >= 11 is 0. The monoisotopic (exact) mass is 221 g/mol. The average Bonchev–Trinajstić information content (AvgIpc) is 2.84. The van der Waals surface area contributed by atoms with Crippen LogP contribution in [-0.4, -0.2) is 16.5 Å². The first kappa shape index (κ1) is 11.2. The summed E-state index contributed by atoms with van der Waals surface area (Å²) in [6.07, 6.45) is 4.95. The molecule has 1 aliphatic rings. The van der Waals surface area contributed by atoms with Gasteiger partial charge in [-0.05, 0) is 25.0 Å². The number of aryl methyl sites for hydroxylation is 1. The third kappa shape index (κ3) is 2.27. The molecule has 2 rings (SSSR count). The zero-order valence-corrected chi connectivity index (χ0v) is 9.65. The van der Waals surface area contributed by atoms with Gasteiger partial charge in [0.25, 0.3) is 0 Å². The Labute approximate surface area is 95.8 Å². The van der Waals surface area contributed by atoms with E-state index >= 15 is 0 Å². The molecule has 1 aromatic rings. The van der Waals surface area contributed by atoms with Crippen molar-refractivity contribution < 1.29 is 4.79 Å². The van der Waals surface area contributed by atoms with Gasteiger partial charge in [0.1, 0.15) is 0 Å². The third-order valence-corrected chi connectivity index (χ3v) is 3.40. The molecule has 2 atom stereocenters. The molecule has 1 fully saturated rings. The minimum absolute atomic E-state index is 0.0141. The Morgan fingerprint density at radius 1 is 1.62 bits per heavy atom. The SMILES string of the molecule is Cn1cccc1CNC(=O)C1CCCC1N. The molecule has 88 valence electrons. The maximum absolute atomic E-state index is 11.9. The molecule has 1 amide bonds. The summed E-state index contributed by atoms with van der Waals surface area (Å²) in [5.41, 5.74) is 7.00. The predicted octanol–water partition coefficient (Wildman–Crippen LogP) is 0.769. The molecule has 4 nitrogen and oxygen atoms in total. The van der Waals surface area contributed by atoms with Crippen molar-refractivity contribution in [1.82, 2.24) is 9.88 Å². The van der Waals surface area contributed by atoms with Crippen molar-refractivity contribution in [1.29, 1.82) is 0 Å². The lowest BCUT2D eigenvalue weighted by Gasteiger charge is -2.15. The maximum atomic E-state index is 11.9. The van der Waals surface area contributed by atoms with Crippen LogP contribution in [0.15, 0.2) is 18.3 Å². The van der Waals surface area contributed by atoms with Crippen LogP contribution in [0.5, 0.6) is 0 Å². The highest BCUT2D eigenvalue weighted by Crippen LogP contribution is 2.23. The quantitative estimate of drug-likeness (QED) is 0.792. The van der Waals surface area contributed by atoms with Crippen LogP contribution < -0.4 is 11.1 Å². The summed E-state index contributed by atoms with van der Waals surface area (Å²) in [5, 5.41) is 2.96. The smallest absolute Gasteiger partial charge is 0.224 e. The Bertz CT molecular complexity index is 372. The van der Waals surface area contributed by atoms with Crippen LogP contribution in [-0.2, 0) is 18.4 Å². The lowest BCUT2D eigenvalue weighted by Crippen LogP contribution is -2.38. The predicted molar refractivity (Wildman–Crippen MR) is 62.6 cm³/mol. The van der Waals surface area contributed by atoms with Gasteiger partial charge in [0.2, 0.25) is 5.91 Å². The topological polar surface area (TPSA) is 60.0 Å². The van der Waals surface area contributed by atoms with E-state index in [2.05, 4.69) is 5.32 Å². The molecule has 1 aromatic heterocycles. The fraction of sp³-hybridized carbons (Fsp3) is 0.583. The lowest BCUT2D eigenvalue weighted by atomic mass is 10.0. The zero-order chi connectivity index (χ0) is 11.5. The van der Waals surface area contributed by atoms with Gasteiger partial charge in [0, 0.05) is 25.0 Å². The van der Waals surface area contributed by atoms with E-state index in [4.69, 9.17) is 5.73 Å². The van der Waals surface area contributed by atoms with Crippen molar-refractivity contribution in [3.8, 4) is 0 Å². The van der Waals surface area contributed by atoms with Crippen molar-refractivity contribution in [2.24, 2.45) is 18.7 Å². The Hall–Kier alpha value is -1.29. The van der Waals surface area contributed by atoms with Crippen molar-refractivity contribution in [2.45, 2.75) is 31.8 Å². The summed E-state index contributed by atoms with van der Waals surface area (Å²) in [4.78, 5) is 11.9. The van der Waals surface area contributed by atoms with Crippen LogP contribution in [0.3, 0.4) is 0 Å². The number of rotatable bonds is 3. The van der Waals surface area contributed by atoms with E-state index in [0.717, 1.165) is 25.0 Å². The molecular weight excluding hydrogens is 202 g/mol. The maximum Gasteiger partial charge on any atom is 0.224 e. The molecule has 0 aliphatic heterocycles. The van der Waals surface area contributed by atoms with Crippen molar-refractivity contribution in [3.05, 3.63) is 24.0 Å². The molecule has 0 aromatic carbocycles. The number of aromatic nitrogens is 1. The van der Waals surface area contributed by atoms with E-state index in [0.29, 0.717) is 6.54 Å². The molecule has 3 N–H and O–H groups in total. The highest BCUT2D eigenvalue weighted by atomic mass is 16.1. The number of amides is 1. The first-order valence-electron chi connectivity index (χ1n) is 5.82. The molecule has 0 spiro atoms. The second-order valence-corrected chi connectivity index (χ2v) is 4.53. The van der Waals surface area contributed by atoms with Crippen LogP contribution in [0.4, 0.5) is 0 Å². The fourth-order valence-electron chi connectivity index (χ4n) is 2.30. The van der Waals surface area contributed by atoms with E-state index in [1.807, 2.05) is 29.9 Å². The third-order valence-electron chi connectivity index (χ3n) is 3.40. The van der Waals surface area contributed by atoms with Crippen LogP contribution in [0.1, 0.15) is 25.0 Å². The minimum atomic E-state index is 0.0141. The van der Waals surface area contributed by atoms with Gasteiger partial charge in [-0.3, -0.25) is 4.79 Å². The molecule has 2 unspecified atom stereocenters. The van der Waals surface area contributed by atoms with Crippen LogP contribution in [0.25, 0.3) is 0 Å². The molecule has 4 heteroatoms. The Morgan fingerprint density at radius 2 is 2.44 bits per heavy atom. The van der Waals surface area contributed by atoms with Crippen LogP contribution in [0.2, 0.25) is 0 Å². The Balaban J connectivity index is 1.86. The molecule has 1 aliphatic carbocycles. The fourth-order valence-corrected chi connectivity index (χ4v) is 2.30. The molecular formula is C12H19N3O. The highest BCUT2D eigenvalue weighted by Gasteiger charge is 2.29. The van der Waals surface area contributed by atoms with Gasteiger partial charge in [0.15, 0.2) is 0 Å². The van der Waals surface area contributed by atoms with Gasteiger partial charge in [-0.1, -0.05) is 6.42 Å². The van der Waals surface area contributed by atoms with Crippen LogP contribution >= 0.6 is 0 Å². The van der Waals surface area contributed by atoms with Gasteiger partial charge in [-0.15, -0.1) is 0 Å². The van der Waals surface area contributed by atoms with E-state index in [1.54, 1.807) is 0 Å². The highest BCUT2D eigenvalue weighted by molar-refractivity contribution is 5.79. The van der Waals surface area contributed by atoms with E-state index < -0.39 is 0 Å². The average molecular weight is 221 g/mol. The van der Waals surface area contributed by atoms with Crippen LogP contribution in [0, 0.1) is 5.92 Å². The lowest BCUT2D eigenvalue weighted by molar-refractivity contribution is -0.125. The largest absolute Gasteiger partial charge is 0.353 e. The number of carbonyl (C=O) groups is 1. The van der Waals surface area contributed by atoms with E-state index in [9.17, 15) is 4.79 Å². The van der Waals surface area contributed by atoms with E-state index in [-0.39, 0.29) is 17.9 Å². The molecule has 16 heavy (non-hydrogen) atoms. The minimum Gasteiger partial charge on any atom is -0.353 e. The number of nitrogens with two attached hydrogens (primary N) is 1. The second-order valence-electron chi connectivity index (χ2n) is 4.53. The summed E-state index contributed by atoms with van der Waals surface area (Å²) < 4.78 is 2.01. The molecule has 1 saturated carbocycles. The van der Waals surface area contributed by atoms with Crippen molar-refractivity contribution >= 4 is 5.91 Å². The summed E-state index contributed by atoms with van der Waals surface area (Å²) in [6, 6.07) is 4.03. The molecule has 0 saturated heterocycles. The number of hydrogen-bond donors (Lipinski definition) is 2. The zero-order valence-electron chi connectivity index (χ0n) is 9.65. The number of nitrogens with one attached hydrogen (secondary N) is 1. The summed E-state index contributed by atoms with van der Waals surface area (Å²) in [7, 11) is 1.97. The number of nitrogens with zero attached hydrogens (tertiary/aromatic N) is 1. The van der Waals surface area contributed by atoms with Gasteiger partial charge in [-0.2, -0.15) is 0 Å². The molecule has 0 radical (unpaired) electrons. The summed E-state index contributed by atoms with van der Waals surface area (Å²) in [6.45, 7) is 0.589. The van der Waals surface area contributed by atoms with Crippen molar-refractivity contribution in [3.63, 3.8) is 0 Å².